The van der Waals surface area contributed by atoms with Gasteiger partial charge in [-0.3, -0.25) is 4.98 Å². The highest BCUT2D eigenvalue weighted by atomic mass is 28.4. The largest absolute Gasteiger partial charge is 0.412 e. The number of rotatable bonds is 8. The highest BCUT2D eigenvalue weighted by Crippen LogP contribution is 2.37. The molecule has 1 aliphatic heterocycles. The number of nitrogens with zero attached hydrogens (tertiary/aromatic N) is 5. The van der Waals surface area contributed by atoms with Crippen LogP contribution >= 0.6 is 0 Å². The van der Waals surface area contributed by atoms with Crippen LogP contribution < -0.4 is 4.90 Å². The van der Waals surface area contributed by atoms with E-state index in [-0.39, 0.29) is 17.5 Å². The number of piperidine rings is 1. The van der Waals surface area contributed by atoms with Crippen molar-refractivity contribution in [3.05, 3.63) is 72.1 Å². The smallest absolute Gasteiger partial charge is 0.225 e. The zero-order valence-electron chi connectivity index (χ0n) is 22.4. The molecule has 0 unspecified atom stereocenters. The second-order valence-electron chi connectivity index (χ2n) is 10.9. The van der Waals surface area contributed by atoms with E-state index in [1.165, 1.54) is 0 Å². The second kappa shape index (κ2) is 11.5. The summed E-state index contributed by atoms with van der Waals surface area (Å²) >= 11 is 0. The number of pyridine rings is 1. The van der Waals surface area contributed by atoms with Crippen molar-refractivity contribution < 1.29 is 13.7 Å². The molecule has 3 heterocycles. The Morgan fingerprint density at radius 2 is 1.68 bits per heavy atom. The Bertz CT molecular complexity index is 1200. The molecule has 196 valence electrons. The predicted molar refractivity (Wildman–Crippen MR) is 147 cm³/mol. The van der Waals surface area contributed by atoms with Crippen molar-refractivity contribution in [2.45, 2.75) is 65.0 Å². The fourth-order valence-corrected chi connectivity index (χ4v) is 4.70. The van der Waals surface area contributed by atoms with Gasteiger partial charge < -0.3 is 14.2 Å². The lowest BCUT2D eigenvalue weighted by Gasteiger charge is -2.36. The highest BCUT2D eigenvalue weighted by Gasteiger charge is 2.37. The van der Waals surface area contributed by atoms with Crippen molar-refractivity contribution in [1.29, 1.82) is 0 Å². The van der Waals surface area contributed by atoms with E-state index in [0.29, 0.717) is 29.2 Å². The highest BCUT2D eigenvalue weighted by molar-refractivity contribution is 6.74. The molecule has 37 heavy (non-hydrogen) atoms. The predicted octanol–water partition coefficient (Wildman–Crippen LogP) is 6.37. The maximum atomic E-state index is 15.4. The molecule has 0 amide bonds. The summed E-state index contributed by atoms with van der Waals surface area (Å²) in [6, 6.07) is 9.23. The molecule has 7 nitrogen and oxygen atoms in total. The summed E-state index contributed by atoms with van der Waals surface area (Å²) in [6.07, 6.45) is 8.44. The fourth-order valence-electron chi connectivity index (χ4n) is 3.75. The normalized spacial score (nSPS) is 14.5. The number of halogens is 1. The van der Waals surface area contributed by atoms with E-state index in [2.05, 4.69) is 58.9 Å². The van der Waals surface area contributed by atoms with Crippen LogP contribution in [0, 0.1) is 5.82 Å². The van der Waals surface area contributed by atoms with Gasteiger partial charge >= 0.3 is 0 Å². The van der Waals surface area contributed by atoms with Gasteiger partial charge in [0.05, 0.1) is 12.3 Å². The quantitative estimate of drug-likeness (QED) is 0.253. The number of benzene rings is 1. The molecule has 1 aliphatic rings. The van der Waals surface area contributed by atoms with Crippen molar-refractivity contribution in [3.63, 3.8) is 0 Å². The van der Waals surface area contributed by atoms with Gasteiger partial charge in [-0.05, 0) is 35.8 Å². The van der Waals surface area contributed by atoms with Gasteiger partial charge in [-0.15, -0.1) is 0 Å². The minimum Gasteiger partial charge on any atom is -0.412 e. The third kappa shape index (κ3) is 6.78. The van der Waals surface area contributed by atoms with E-state index in [0.717, 1.165) is 37.2 Å². The monoisotopic (exact) mass is 521 g/mol. The van der Waals surface area contributed by atoms with Crippen LogP contribution in [-0.4, -0.2) is 42.1 Å². The molecule has 0 spiro atoms. The number of hydrogen-bond donors (Lipinski definition) is 0. The molecule has 1 saturated heterocycles. The van der Waals surface area contributed by atoms with Crippen LogP contribution in [0.5, 0.6) is 0 Å². The SMILES string of the molecule is CC(C)(C)[Si](C)(C)OCc1cccc(-c2cnc(N3CCC(=NOCc4ccncc4)CC3)nc2)c1F. The number of aromatic nitrogens is 3. The average Bonchev–Trinajstić information content (AvgIpc) is 2.89. The van der Waals surface area contributed by atoms with E-state index in [4.69, 9.17) is 9.26 Å². The van der Waals surface area contributed by atoms with E-state index in [1.807, 2.05) is 18.2 Å². The van der Waals surface area contributed by atoms with E-state index in [9.17, 15) is 0 Å². The Labute approximate surface area is 219 Å². The van der Waals surface area contributed by atoms with Gasteiger partial charge in [0.1, 0.15) is 12.4 Å². The first-order chi connectivity index (χ1) is 17.6. The van der Waals surface area contributed by atoms with Gasteiger partial charge in [-0.25, -0.2) is 14.4 Å². The molecule has 0 aliphatic carbocycles. The van der Waals surface area contributed by atoms with Crippen molar-refractivity contribution in [3.8, 4) is 11.1 Å². The van der Waals surface area contributed by atoms with Gasteiger partial charge in [0.25, 0.3) is 0 Å². The Morgan fingerprint density at radius 3 is 2.32 bits per heavy atom. The van der Waals surface area contributed by atoms with Crippen LogP contribution in [-0.2, 0) is 22.5 Å². The third-order valence-electron chi connectivity index (χ3n) is 7.22. The third-order valence-corrected chi connectivity index (χ3v) is 11.7. The maximum absolute atomic E-state index is 15.4. The number of hydrogen-bond acceptors (Lipinski definition) is 7. The molecule has 3 aromatic rings. The summed E-state index contributed by atoms with van der Waals surface area (Å²) in [4.78, 5) is 20.7. The number of oxime groups is 1. The van der Waals surface area contributed by atoms with E-state index < -0.39 is 8.32 Å². The van der Waals surface area contributed by atoms with Crippen LogP contribution in [0.25, 0.3) is 11.1 Å². The lowest BCUT2D eigenvalue weighted by Crippen LogP contribution is -2.40. The molecule has 0 atom stereocenters. The van der Waals surface area contributed by atoms with Crippen LogP contribution in [0.15, 0.2) is 60.3 Å². The minimum absolute atomic E-state index is 0.0684. The van der Waals surface area contributed by atoms with Crippen molar-refractivity contribution in [2.24, 2.45) is 5.16 Å². The lowest BCUT2D eigenvalue weighted by atomic mass is 10.1. The summed E-state index contributed by atoms with van der Waals surface area (Å²) in [5.74, 6) is 0.362. The molecule has 4 rings (SSSR count). The first-order valence-corrected chi connectivity index (χ1v) is 15.6. The molecular formula is C28H36FN5O2Si. The van der Waals surface area contributed by atoms with E-state index in [1.54, 1.807) is 36.9 Å². The van der Waals surface area contributed by atoms with E-state index >= 15 is 4.39 Å². The zero-order chi connectivity index (χ0) is 26.5. The Kier molecular flexibility index (Phi) is 8.34. The Morgan fingerprint density at radius 1 is 1.00 bits per heavy atom. The molecule has 0 radical (unpaired) electrons. The molecular weight excluding hydrogens is 485 g/mol. The van der Waals surface area contributed by atoms with Crippen LogP contribution in [0.3, 0.4) is 0 Å². The summed E-state index contributed by atoms with van der Waals surface area (Å²) in [5.41, 5.74) is 3.76. The van der Waals surface area contributed by atoms with Crippen molar-refractivity contribution in [2.75, 3.05) is 18.0 Å². The lowest BCUT2D eigenvalue weighted by molar-refractivity contribution is 0.129. The van der Waals surface area contributed by atoms with Crippen LogP contribution in [0.1, 0.15) is 44.7 Å². The second-order valence-corrected chi connectivity index (χ2v) is 15.7. The first-order valence-electron chi connectivity index (χ1n) is 12.7. The standard InChI is InChI=1S/C28H36FN5O2Si/c1-28(2,3)37(4,5)36-20-22-7-6-8-25(26(22)29)23-17-31-27(32-18-23)34-15-11-24(12-16-34)33-35-19-21-9-13-30-14-10-21/h6-10,13-14,17-18H,11-12,15-16,19-20H2,1-5H3. The summed E-state index contributed by atoms with van der Waals surface area (Å²) in [6.45, 7) is 13.1. The number of anilines is 1. The fraction of sp³-hybridized carbons (Fsp3) is 0.429. The van der Waals surface area contributed by atoms with Gasteiger partial charge in [-0.1, -0.05) is 44.1 Å². The van der Waals surface area contributed by atoms with Crippen molar-refractivity contribution >= 4 is 20.0 Å². The van der Waals surface area contributed by atoms with Gasteiger partial charge in [0.15, 0.2) is 8.32 Å². The molecule has 1 aromatic carbocycles. The summed E-state index contributed by atoms with van der Waals surface area (Å²) < 4.78 is 21.6. The van der Waals surface area contributed by atoms with Crippen LogP contribution in [0.4, 0.5) is 10.3 Å². The summed E-state index contributed by atoms with van der Waals surface area (Å²) in [5, 5.41) is 4.37. The topological polar surface area (TPSA) is 72.7 Å². The molecule has 0 saturated carbocycles. The Balaban J connectivity index is 1.35. The van der Waals surface area contributed by atoms with Crippen molar-refractivity contribution in [1.82, 2.24) is 15.0 Å². The molecule has 2 aromatic heterocycles. The van der Waals surface area contributed by atoms with Gasteiger partial charge in [0.2, 0.25) is 5.95 Å². The maximum Gasteiger partial charge on any atom is 0.225 e. The molecule has 0 bridgehead atoms. The van der Waals surface area contributed by atoms with Gasteiger partial charge in [-0.2, -0.15) is 0 Å². The Hall–Kier alpha value is -3.17. The average molecular weight is 522 g/mol. The minimum atomic E-state index is -1.98. The van der Waals surface area contributed by atoms with Crippen LogP contribution in [0.2, 0.25) is 18.1 Å². The molecule has 9 heteroatoms. The molecule has 0 N–H and O–H groups in total. The summed E-state index contributed by atoms with van der Waals surface area (Å²) in [7, 11) is -1.98. The van der Waals surface area contributed by atoms with Gasteiger partial charge in [0, 0.05) is 67.4 Å². The molecule has 1 fully saturated rings. The zero-order valence-corrected chi connectivity index (χ0v) is 23.4. The first kappa shape index (κ1) is 26.9.